The Morgan fingerprint density at radius 3 is 2.75 bits per heavy atom. The molecule has 0 aliphatic carbocycles. The number of imidazole rings is 1. The van der Waals surface area contributed by atoms with Gasteiger partial charge in [0.05, 0.1) is 0 Å². The second-order valence-corrected chi connectivity index (χ2v) is 7.03. The Kier molecular flexibility index (Phi) is 5.27. The van der Waals surface area contributed by atoms with Gasteiger partial charge in [-0.3, -0.25) is 4.90 Å². The molecule has 3 heterocycles. The zero-order chi connectivity index (χ0) is 19.5. The van der Waals surface area contributed by atoms with Crippen LogP contribution in [0.2, 0.25) is 5.02 Å². The molecule has 0 radical (unpaired) electrons. The number of halogens is 1. The molecule has 146 valence electrons. The Hall–Kier alpha value is -2.91. The number of piperazine rings is 1. The maximum absolute atomic E-state index is 11.0. The van der Waals surface area contributed by atoms with Crippen LogP contribution in [-0.2, 0) is 0 Å². The Labute approximate surface area is 166 Å². The Morgan fingerprint density at radius 2 is 2.00 bits per heavy atom. The van der Waals surface area contributed by atoms with E-state index in [1.54, 1.807) is 12.1 Å². The first-order valence-corrected chi connectivity index (χ1v) is 9.44. The van der Waals surface area contributed by atoms with Crippen LogP contribution < -0.4 is 10.2 Å². The van der Waals surface area contributed by atoms with Crippen molar-refractivity contribution in [2.75, 3.05) is 49.5 Å². The lowest BCUT2D eigenvalue weighted by Crippen LogP contribution is -2.47. The second-order valence-electron chi connectivity index (χ2n) is 6.60. The van der Waals surface area contributed by atoms with E-state index in [-0.39, 0.29) is 5.82 Å². The van der Waals surface area contributed by atoms with E-state index in [2.05, 4.69) is 31.3 Å². The van der Waals surface area contributed by atoms with E-state index < -0.39 is 4.92 Å². The van der Waals surface area contributed by atoms with E-state index in [4.69, 9.17) is 11.6 Å². The minimum Gasteiger partial charge on any atom is -0.369 e. The summed E-state index contributed by atoms with van der Waals surface area (Å²) in [6.45, 7) is 5.41. The van der Waals surface area contributed by atoms with Crippen molar-refractivity contribution in [3.63, 3.8) is 0 Å². The molecule has 0 bridgehead atoms. The average molecular weight is 402 g/mol. The maximum Gasteiger partial charge on any atom is 0.368 e. The van der Waals surface area contributed by atoms with Crippen LogP contribution in [0.15, 0.2) is 42.6 Å². The molecule has 1 aromatic carbocycles. The van der Waals surface area contributed by atoms with Crippen molar-refractivity contribution in [3.8, 4) is 0 Å². The number of nitro groups is 1. The largest absolute Gasteiger partial charge is 0.369 e. The number of benzene rings is 1. The molecule has 1 fully saturated rings. The van der Waals surface area contributed by atoms with Gasteiger partial charge >= 0.3 is 5.82 Å². The van der Waals surface area contributed by atoms with Crippen molar-refractivity contribution in [2.45, 2.75) is 0 Å². The normalized spacial score (nSPS) is 15.1. The van der Waals surface area contributed by atoms with Crippen LogP contribution in [0.5, 0.6) is 0 Å². The number of fused-ring (bicyclic) bond motifs is 1. The monoisotopic (exact) mass is 401 g/mol. The molecule has 1 saturated heterocycles. The summed E-state index contributed by atoms with van der Waals surface area (Å²) in [6, 6.07) is 11.4. The van der Waals surface area contributed by atoms with Gasteiger partial charge in [0, 0.05) is 56.0 Å². The number of hydrogen-bond donors (Lipinski definition) is 1. The first-order valence-electron chi connectivity index (χ1n) is 9.06. The van der Waals surface area contributed by atoms with Gasteiger partial charge in [-0.05, 0) is 29.2 Å². The predicted molar refractivity (Wildman–Crippen MR) is 108 cm³/mol. The summed E-state index contributed by atoms with van der Waals surface area (Å²) < 4.78 is 1.24. The highest BCUT2D eigenvalue weighted by atomic mass is 35.5. The van der Waals surface area contributed by atoms with Crippen LogP contribution >= 0.6 is 11.6 Å². The Balaban J connectivity index is 1.28. The molecule has 0 atom stereocenters. The SMILES string of the molecule is O=[N+]([O-])c1cnc2ccc(NCCN3CCN(c4cccc(Cl)c4)CC3)nn12. The summed E-state index contributed by atoms with van der Waals surface area (Å²) >= 11 is 6.08. The third-order valence-corrected chi connectivity index (χ3v) is 5.05. The van der Waals surface area contributed by atoms with Crippen LogP contribution in [0.25, 0.3) is 5.65 Å². The van der Waals surface area contributed by atoms with Gasteiger partial charge in [-0.25, -0.2) is 4.98 Å². The summed E-state index contributed by atoms with van der Waals surface area (Å²) in [6.07, 6.45) is 1.21. The molecule has 0 amide bonds. The Bertz CT molecular complexity index is 985. The summed E-state index contributed by atoms with van der Waals surface area (Å²) in [4.78, 5) is 19.2. The molecule has 1 N–H and O–H groups in total. The quantitative estimate of drug-likeness (QED) is 0.501. The third-order valence-electron chi connectivity index (χ3n) is 4.81. The van der Waals surface area contributed by atoms with Gasteiger partial charge in [-0.1, -0.05) is 27.3 Å². The minimum absolute atomic E-state index is 0.143. The fourth-order valence-electron chi connectivity index (χ4n) is 3.32. The summed E-state index contributed by atoms with van der Waals surface area (Å²) in [5.41, 5.74) is 1.61. The van der Waals surface area contributed by atoms with Gasteiger partial charge in [-0.2, -0.15) is 0 Å². The van der Waals surface area contributed by atoms with Crippen LogP contribution in [0, 0.1) is 10.1 Å². The number of anilines is 2. The molecule has 0 unspecified atom stereocenters. The van der Waals surface area contributed by atoms with Gasteiger partial charge in [0.25, 0.3) is 0 Å². The molecule has 28 heavy (non-hydrogen) atoms. The molecule has 2 aromatic heterocycles. The third kappa shape index (κ3) is 4.00. The fraction of sp³-hybridized carbons (Fsp3) is 0.333. The summed E-state index contributed by atoms with van der Waals surface area (Å²) in [7, 11) is 0. The highest BCUT2D eigenvalue weighted by molar-refractivity contribution is 6.30. The van der Waals surface area contributed by atoms with E-state index >= 15 is 0 Å². The van der Waals surface area contributed by atoms with Crippen molar-refractivity contribution in [1.29, 1.82) is 0 Å². The van der Waals surface area contributed by atoms with E-state index in [1.165, 1.54) is 10.7 Å². The molecule has 9 nitrogen and oxygen atoms in total. The highest BCUT2D eigenvalue weighted by Gasteiger charge is 2.18. The van der Waals surface area contributed by atoms with Crippen molar-refractivity contribution in [3.05, 3.63) is 57.7 Å². The Morgan fingerprint density at radius 1 is 1.18 bits per heavy atom. The van der Waals surface area contributed by atoms with Crippen molar-refractivity contribution in [1.82, 2.24) is 19.5 Å². The molecule has 10 heteroatoms. The van der Waals surface area contributed by atoms with Crippen LogP contribution in [0.4, 0.5) is 17.3 Å². The lowest BCUT2D eigenvalue weighted by molar-refractivity contribution is -0.391. The summed E-state index contributed by atoms with van der Waals surface area (Å²) in [5, 5.41) is 19.3. The molecule has 4 rings (SSSR count). The zero-order valence-electron chi connectivity index (χ0n) is 15.2. The van der Waals surface area contributed by atoms with E-state index in [9.17, 15) is 10.1 Å². The zero-order valence-corrected chi connectivity index (χ0v) is 15.9. The molecule has 1 aliphatic rings. The van der Waals surface area contributed by atoms with Crippen LogP contribution in [0.3, 0.4) is 0 Å². The minimum atomic E-state index is -0.490. The number of nitrogens with zero attached hydrogens (tertiary/aromatic N) is 6. The highest BCUT2D eigenvalue weighted by Crippen LogP contribution is 2.20. The lowest BCUT2D eigenvalue weighted by atomic mass is 10.2. The predicted octanol–water partition coefficient (Wildman–Crippen LogP) is 2.53. The van der Waals surface area contributed by atoms with Gasteiger partial charge < -0.3 is 20.3 Å². The van der Waals surface area contributed by atoms with Crippen molar-refractivity contribution < 1.29 is 4.92 Å². The fourth-order valence-corrected chi connectivity index (χ4v) is 3.51. The van der Waals surface area contributed by atoms with Gasteiger partial charge in [0.1, 0.15) is 6.20 Å². The van der Waals surface area contributed by atoms with Gasteiger partial charge in [0.2, 0.25) is 5.65 Å². The van der Waals surface area contributed by atoms with E-state index in [1.807, 2.05) is 18.2 Å². The molecule has 0 spiro atoms. The van der Waals surface area contributed by atoms with Gasteiger partial charge in [0.15, 0.2) is 5.82 Å². The topological polar surface area (TPSA) is 91.8 Å². The lowest BCUT2D eigenvalue weighted by Gasteiger charge is -2.36. The molecule has 3 aromatic rings. The first kappa shape index (κ1) is 18.5. The first-order chi connectivity index (χ1) is 13.6. The van der Waals surface area contributed by atoms with E-state index in [0.29, 0.717) is 18.0 Å². The molecule has 0 saturated carbocycles. The number of rotatable bonds is 6. The number of nitrogens with one attached hydrogen (secondary N) is 1. The van der Waals surface area contributed by atoms with E-state index in [0.717, 1.165) is 43.4 Å². The standard InChI is InChI=1S/C18H20ClN7O2/c19-14-2-1-3-15(12-14)24-10-8-23(9-11-24)7-6-20-16-4-5-17-21-13-18(26(27)28)25(17)22-16/h1-5,12-13H,6-11H2,(H,20,22). The number of hydrogen-bond acceptors (Lipinski definition) is 7. The number of aromatic nitrogens is 3. The summed E-state index contributed by atoms with van der Waals surface area (Å²) in [5.74, 6) is 0.446. The van der Waals surface area contributed by atoms with Crippen LogP contribution in [-0.4, -0.2) is 63.7 Å². The average Bonchev–Trinajstić information content (AvgIpc) is 3.12. The van der Waals surface area contributed by atoms with Crippen molar-refractivity contribution >= 4 is 34.6 Å². The second kappa shape index (κ2) is 7.99. The van der Waals surface area contributed by atoms with Gasteiger partial charge in [-0.15, -0.1) is 0 Å². The maximum atomic E-state index is 11.0. The van der Waals surface area contributed by atoms with Crippen LogP contribution in [0.1, 0.15) is 0 Å². The smallest absolute Gasteiger partial charge is 0.368 e. The molecular weight excluding hydrogens is 382 g/mol. The van der Waals surface area contributed by atoms with Crippen molar-refractivity contribution in [2.24, 2.45) is 0 Å². The molecular formula is C18H20ClN7O2. The molecule has 1 aliphatic heterocycles.